The summed E-state index contributed by atoms with van der Waals surface area (Å²) in [6.07, 6.45) is -2.73. The number of nitriles is 1. The maximum absolute atomic E-state index is 13.0. The fraction of sp³-hybridized carbons (Fsp3) is 0.500. The Balaban J connectivity index is 1.86. The zero-order valence-electron chi connectivity index (χ0n) is 12.4. The van der Waals surface area contributed by atoms with Crippen molar-refractivity contribution in [3.05, 3.63) is 29.8 Å². The van der Waals surface area contributed by atoms with Gasteiger partial charge in [0.25, 0.3) is 5.91 Å². The van der Waals surface area contributed by atoms with E-state index in [1.54, 1.807) is 0 Å². The fourth-order valence-electron chi connectivity index (χ4n) is 2.72. The van der Waals surface area contributed by atoms with Crippen LogP contribution in [-0.2, 0) is 4.79 Å². The first-order valence-electron chi connectivity index (χ1n) is 7.39. The van der Waals surface area contributed by atoms with Crippen LogP contribution >= 0.6 is 0 Å². The van der Waals surface area contributed by atoms with E-state index in [2.05, 4.69) is 5.32 Å². The lowest BCUT2D eigenvalue weighted by Crippen LogP contribution is -2.48. The van der Waals surface area contributed by atoms with Crippen LogP contribution < -0.4 is 10.1 Å². The molecule has 124 valence electrons. The number of alkyl halides is 3. The van der Waals surface area contributed by atoms with E-state index >= 15 is 0 Å². The fourth-order valence-corrected chi connectivity index (χ4v) is 2.72. The molecule has 1 amide bonds. The Morgan fingerprint density at radius 2 is 1.91 bits per heavy atom. The van der Waals surface area contributed by atoms with Crippen molar-refractivity contribution in [1.29, 1.82) is 5.26 Å². The van der Waals surface area contributed by atoms with Crippen molar-refractivity contribution in [3.63, 3.8) is 0 Å². The van der Waals surface area contributed by atoms with Crippen LogP contribution in [0.25, 0.3) is 0 Å². The molecule has 0 heterocycles. The van der Waals surface area contributed by atoms with Crippen LogP contribution in [-0.4, -0.2) is 24.7 Å². The Labute approximate surface area is 132 Å². The molecule has 0 radical (unpaired) electrons. The smallest absolute Gasteiger partial charge is 0.393 e. The maximum Gasteiger partial charge on any atom is 0.393 e. The highest BCUT2D eigenvalue weighted by Crippen LogP contribution is 2.37. The maximum atomic E-state index is 13.0. The van der Waals surface area contributed by atoms with Gasteiger partial charge in [-0.05, 0) is 37.1 Å². The van der Waals surface area contributed by atoms with E-state index in [-0.39, 0.29) is 13.0 Å². The van der Waals surface area contributed by atoms with E-state index in [4.69, 9.17) is 10.00 Å². The molecule has 1 aromatic rings. The summed E-state index contributed by atoms with van der Waals surface area (Å²) >= 11 is 0. The number of nitrogens with one attached hydrogen (secondary N) is 1. The van der Waals surface area contributed by atoms with E-state index < -0.39 is 24.0 Å². The summed E-state index contributed by atoms with van der Waals surface area (Å²) in [5.74, 6) is -1.68. The zero-order valence-corrected chi connectivity index (χ0v) is 12.4. The molecule has 1 aliphatic carbocycles. The van der Waals surface area contributed by atoms with Gasteiger partial charge in [-0.15, -0.1) is 0 Å². The first-order valence-corrected chi connectivity index (χ1v) is 7.39. The molecule has 1 saturated carbocycles. The van der Waals surface area contributed by atoms with Gasteiger partial charge in [0.1, 0.15) is 5.75 Å². The second kappa shape index (κ2) is 7.36. The van der Waals surface area contributed by atoms with Gasteiger partial charge >= 0.3 is 6.18 Å². The average molecular weight is 326 g/mol. The minimum absolute atomic E-state index is 0.0466. The summed E-state index contributed by atoms with van der Waals surface area (Å²) in [7, 11) is 0. The first kappa shape index (κ1) is 17.1. The molecule has 2 atom stereocenters. The van der Waals surface area contributed by atoms with Gasteiger partial charge in [0.05, 0.1) is 17.6 Å². The van der Waals surface area contributed by atoms with Crippen LogP contribution in [0.5, 0.6) is 5.75 Å². The lowest BCUT2D eigenvalue weighted by Gasteiger charge is -2.33. The monoisotopic (exact) mass is 326 g/mol. The van der Waals surface area contributed by atoms with E-state index in [1.807, 2.05) is 6.07 Å². The molecule has 0 spiro atoms. The third kappa shape index (κ3) is 4.88. The quantitative estimate of drug-likeness (QED) is 0.924. The Kier molecular flexibility index (Phi) is 5.48. The number of carbonyl (C=O) groups is 1. The molecule has 0 unspecified atom stereocenters. The van der Waals surface area contributed by atoms with Gasteiger partial charge in [0.2, 0.25) is 0 Å². The number of hydrogen-bond acceptors (Lipinski definition) is 3. The van der Waals surface area contributed by atoms with Gasteiger partial charge in [0.15, 0.2) is 6.61 Å². The van der Waals surface area contributed by atoms with Gasteiger partial charge < -0.3 is 10.1 Å². The number of halogens is 3. The normalized spacial score (nSPS) is 21.3. The molecule has 1 aliphatic rings. The summed E-state index contributed by atoms with van der Waals surface area (Å²) < 4.78 is 44.1. The molecule has 0 saturated heterocycles. The molecule has 1 N–H and O–H groups in total. The van der Waals surface area contributed by atoms with Gasteiger partial charge in [0, 0.05) is 6.04 Å². The number of benzene rings is 1. The third-order valence-electron chi connectivity index (χ3n) is 3.89. The van der Waals surface area contributed by atoms with Crippen LogP contribution in [0.1, 0.15) is 31.2 Å². The van der Waals surface area contributed by atoms with Gasteiger partial charge in [-0.2, -0.15) is 18.4 Å². The largest absolute Gasteiger partial charge is 0.484 e. The number of nitrogens with zero attached hydrogens (tertiary/aromatic N) is 1. The third-order valence-corrected chi connectivity index (χ3v) is 3.89. The average Bonchev–Trinajstić information content (AvgIpc) is 2.53. The summed E-state index contributed by atoms with van der Waals surface area (Å²) in [5.41, 5.74) is 0.456. The van der Waals surface area contributed by atoms with Crippen molar-refractivity contribution in [2.24, 2.45) is 5.92 Å². The minimum atomic E-state index is -4.30. The summed E-state index contributed by atoms with van der Waals surface area (Å²) in [6, 6.07) is 7.20. The molecule has 23 heavy (non-hydrogen) atoms. The second-order valence-electron chi connectivity index (χ2n) is 5.53. The number of hydrogen-bond donors (Lipinski definition) is 1. The lowest BCUT2D eigenvalue weighted by atomic mass is 9.84. The minimum Gasteiger partial charge on any atom is -0.484 e. The molecule has 0 aliphatic heterocycles. The highest BCUT2D eigenvalue weighted by Gasteiger charge is 2.45. The van der Waals surface area contributed by atoms with Crippen LogP contribution in [0.15, 0.2) is 24.3 Å². The molecule has 1 aromatic carbocycles. The summed E-state index contributed by atoms with van der Waals surface area (Å²) in [5, 5.41) is 11.1. The highest BCUT2D eigenvalue weighted by atomic mass is 19.4. The molecule has 7 heteroatoms. The number of amides is 1. The van der Waals surface area contributed by atoms with Crippen molar-refractivity contribution in [3.8, 4) is 11.8 Å². The second-order valence-corrected chi connectivity index (χ2v) is 5.53. The molecular weight excluding hydrogens is 309 g/mol. The van der Waals surface area contributed by atoms with E-state index in [0.29, 0.717) is 30.6 Å². The van der Waals surface area contributed by atoms with Crippen molar-refractivity contribution in [2.45, 2.75) is 37.9 Å². The molecule has 0 aromatic heterocycles. The first-order chi connectivity index (χ1) is 10.9. The predicted molar refractivity (Wildman–Crippen MR) is 76.6 cm³/mol. The van der Waals surface area contributed by atoms with Crippen molar-refractivity contribution < 1.29 is 22.7 Å². The standard InChI is InChI=1S/C16H17F3N2O2/c17-16(18,19)13-3-1-2-4-14(13)21-15(22)10-23-12-7-5-11(9-20)6-8-12/h5-8,13-14H,1-4,10H2,(H,21,22)/t13-,14-/m1/s1. The van der Waals surface area contributed by atoms with Crippen LogP contribution in [0.4, 0.5) is 13.2 Å². The molecular formula is C16H17F3N2O2. The molecule has 0 bridgehead atoms. The Morgan fingerprint density at radius 1 is 1.26 bits per heavy atom. The summed E-state index contributed by atoms with van der Waals surface area (Å²) in [6.45, 7) is -0.354. The van der Waals surface area contributed by atoms with Crippen LogP contribution in [0.3, 0.4) is 0 Å². The van der Waals surface area contributed by atoms with Gasteiger partial charge in [-0.1, -0.05) is 12.8 Å². The predicted octanol–water partition coefficient (Wildman–Crippen LogP) is 3.17. The van der Waals surface area contributed by atoms with Crippen LogP contribution in [0, 0.1) is 17.2 Å². The number of carbonyl (C=O) groups excluding carboxylic acids is 1. The number of rotatable bonds is 4. The van der Waals surface area contributed by atoms with Crippen molar-refractivity contribution in [2.75, 3.05) is 6.61 Å². The molecule has 1 fully saturated rings. The summed E-state index contributed by atoms with van der Waals surface area (Å²) in [4.78, 5) is 11.8. The highest BCUT2D eigenvalue weighted by molar-refractivity contribution is 5.77. The SMILES string of the molecule is N#Cc1ccc(OCC(=O)N[C@@H]2CCCC[C@H]2C(F)(F)F)cc1. The number of ether oxygens (including phenoxy) is 1. The Bertz CT molecular complexity index is 578. The molecule has 2 rings (SSSR count). The van der Waals surface area contributed by atoms with E-state index in [0.717, 1.165) is 0 Å². The van der Waals surface area contributed by atoms with E-state index in [1.165, 1.54) is 24.3 Å². The van der Waals surface area contributed by atoms with Crippen molar-refractivity contribution in [1.82, 2.24) is 5.32 Å². The lowest BCUT2D eigenvalue weighted by molar-refractivity contribution is -0.189. The Hall–Kier alpha value is -2.23. The van der Waals surface area contributed by atoms with Gasteiger partial charge in [-0.25, -0.2) is 0 Å². The van der Waals surface area contributed by atoms with E-state index in [9.17, 15) is 18.0 Å². The van der Waals surface area contributed by atoms with Gasteiger partial charge in [-0.3, -0.25) is 4.79 Å². The van der Waals surface area contributed by atoms with Crippen LogP contribution in [0.2, 0.25) is 0 Å². The topological polar surface area (TPSA) is 62.1 Å². The zero-order chi connectivity index (χ0) is 16.9. The van der Waals surface area contributed by atoms with Crippen molar-refractivity contribution >= 4 is 5.91 Å². The Morgan fingerprint density at radius 3 is 2.52 bits per heavy atom. The molecule has 4 nitrogen and oxygen atoms in total.